The van der Waals surface area contributed by atoms with Crippen molar-refractivity contribution in [3.8, 4) is 11.3 Å². The van der Waals surface area contributed by atoms with Crippen LogP contribution in [0, 0.1) is 6.92 Å². The first kappa shape index (κ1) is 16.4. The van der Waals surface area contributed by atoms with E-state index >= 15 is 0 Å². The van der Waals surface area contributed by atoms with Gasteiger partial charge in [0.15, 0.2) is 0 Å². The van der Waals surface area contributed by atoms with Gasteiger partial charge in [-0.1, -0.05) is 24.1 Å². The average molecular weight is 355 g/mol. The Morgan fingerprint density at radius 1 is 1.12 bits per heavy atom. The highest BCUT2D eigenvalue weighted by Crippen LogP contribution is 2.29. The fourth-order valence-electron chi connectivity index (χ4n) is 3.61. The third kappa shape index (κ3) is 3.24. The van der Waals surface area contributed by atoms with Crippen LogP contribution in [-0.2, 0) is 6.54 Å². The second kappa shape index (κ2) is 6.70. The number of piperidine rings is 1. The standard InChI is InChI=1S/C20H23ClN4/c1-14-11-15(5-7-17(14)21)20-18(13-24-9-3-2-4-10-24)25-12-16(22)6-8-19(25)23-20/h5-8,11-12H,2-4,9-10,13,22H2,1H3. The van der Waals surface area contributed by atoms with E-state index < -0.39 is 0 Å². The van der Waals surface area contributed by atoms with Gasteiger partial charge in [0.2, 0.25) is 0 Å². The minimum atomic E-state index is 0.753. The van der Waals surface area contributed by atoms with Crippen molar-refractivity contribution in [2.45, 2.75) is 32.7 Å². The molecule has 5 heteroatoms. The number of hydrogen-bond acceptors (Lipinski definition) is 3. The Morgan fingerprint density at radius 2 is 1.92 bits per heavy atom. The molecule has 1 fully saturated rings. The zero-order chi connectivity index (χ0) is 17.4. The summed E-state index contributed by atoms with van der Waals surface area (Å²) in [5, 5.41) is 0.786. The van der Waals surface area contributed by atoms with Gasteiger partial charge in [-0.3, -0.25) is 4.90 Å². The first-order chi connectivity index (χ1) is 12.1. The van der Waals surface area contributed by atoms with Crippen molar-refractivity contribution >= 4 is 22.9 Å². The lowest BCUT2D eigenvalue weighted by Gasteiger charge is -2.26. The number of nitrogens with zero attached hydrogens (tertiary/aromatic N) is 3. The van der Waals surface area contributed by atoms with Gasteiger partial charge in [0.25, 0.3) is 0 Å². The fourth-order valence-corrected chi connectivity index (χ4v) is 3.73. The average Bonchev–Trinajstić information content (AvgIpc) is 2.96. The van der Waals surface area contributed by atoms with Crippen LogP contribution < -0.4 is 5.73 Å². The summed E-state index contributed by atoms with van der Waals surface area (Å²) in [5.41, 5.74) is 12.1. The van der Waals surface area contributed by atoms with E-state index in [1.165, 1.54) is 25.0 Å². The summed E-state index contributed by atoms with van der Waals surface area (Å²) in [6, 6.07) is 10.0. The quantitative estimate of drug-likeness (QED) is 0.751. The fraction of sp³-hybridized carbons (Fsp3) is 0.350. The molecular weight excluding hydrogens is 332 g/mol. The summed E-state index contributed by atoms with van der Waals surface area (Å²) in [4.78, 5) is 7.41. The number of hydrogen-bond donors (Lipinski definition) is 1. The van der Waals surface area contributed by atoms with E-state index in [1.807, 2.05) is 31.3 Å². The van der Waals surface area contributed by atoms with Gasteiger partial charge < -0.3 is 10.1 Å². The Bertz CT molecular complexity index is 909. The lowest BCUT2D eigenvalue weighted by atomic mass is 10.1. The molecule has 1 saturated heterocycles. The van der Waals surface area contributed by atoms with Crippen LogP contribution in [0.25, 0.3) is 16.9 Å². The predicted octanol–water partition coefficient (Wildman–Crippen LogP) is 4.53. The molecule has 0 aliphatic carbocycles. The highest BCUT2D eigenvalue weighted by atomic mass is 35.5. The molecule has 0 bridgehead atoms. The number of likely N-dealkylation sites (tertiary alicyclic amines) is 1. The summed E-state index contributed by atoms with van der Waals surface area (Å²) >= 11 is 6.21. The predicted molar refractivity (Wildman–Crippen MR) is 104 cm³/mol. The zero-order valence-electron chi connectivity index (χ0n) is 14.5. The lowest BCUT2D eigenvalue weighted by molar-refractivity contribution is 0.218. The van der Waals surface area contributed by atoms with Gasteiger partial charge in [-0.15, -0.1) is 0 Å². The van der Waals surface area contributed by atoms with Crippen LogP contribution in [0.2, 0.25) is 5.02 Å². The third-order valence-electron chi connectivity index (χ3n) is 4.99. The molecule has 1 aromatic carbocycles. The Morgan fingerprint density at radius 3 is 2.68 bits per heavy atom. The van der Waals surface area contributed by atoms with Crippen molar-refractivity contribution in [1.82, 2.24) is 14.3 Å². The highest BCUT2D eigenvalue weighted by Gasteiger charge is 2.19. The van der Waals surface area contributed by atoms with Gasteiger partial charge in [0.05, 0.1) is 11.4 Å². The van der Waals surface area contributed by atoms with Crippen molar-refractivity contribution in [3.63, 3.8) is 0 Å². The molecule has 1 aliphatic rings. The Balaban J connectivity index is 1.83. The van der Waals surface area contributed by atoms with Crippen LogP contribution in [0.3, 0.4) is 0 Å². The molecule has 4 rings (SSSR count). The second-order valence-electron chi connectivity index (χ2n) is 6.90. The molecule has 3 heterocycles. The van der Waals surface area contributed by atoms with E-state index in [2.05, 4.69) is 21.4 Å². The molecule has 130 valence electrons. The molecule has 0 atom stereocenters. The maximum Gasteiger partial charge on any atom is 0.137 e. The molecule has 0 unspecified atom stereocenters. The molecule has 0 radical (unpaired) electrons. The number of pyridine rings is 1. The normalized spacial score (nSPS) is 15.8. The van der Waals surface area contributed by atoms with Crippen LogP contribution in [-0.4, -0.2) is 27.4 Å². The van der Waals surface area contributed by atoms with Gasteiger partial charge in [0, 0.05) is 29.0 Å². The smallest absolute Gasteiger partial charge is 0.137 e. The number of halogens is 1. The number of imidazole rings is 1. The number of nitrogen functional groups attached to an aromatic ring is 1. The first-order valence-electron chi connectivity index (χ1n) is 8.87. The minimum Gasteiger partial charge on any atom is -0.398 e. The Labute approximate surface area is 153 Å². The summed E-state index contributed by atoms with van der Waals surface area (Å²) in [6.45, 7) is 5.22. The number of fused-ring (bicyclic) bond motifs is 1. The van der Waals surface area contributed by atoms with Gasteiger partial charge in [-0.2, -0.15) is 0 Å². The highest BCUT2D eigenvalue weighted by molar-refractivity contribution is 6.31. The van der Waals surface area contributed by atoms with Crippen molar-refractivity contribution < 1.29 is 0 Å². The molecule has 1 aliphatic heterocycles. The van der Waals surface area contributed by atoms with Crippen molar-refractivity contribution in [1.29, 1.82) is 0 Å². The van der Waals surface area contributed by atoms with Gasteiger partial charge in [0.1, 0.15) is 5.65 Å². The van der Waals surface area contributed by atoms with E-state index in [0.29, 0.717) is 0 Å². The first-order valence-corrected chi connectivity index (χ1v) is 9.25. The molecular formula is C20H23ClN4. The van der Waals surface area contributed by atoms with Crippen LogP contribution in [0.15, 0.2) is 36.5 Å². The number of aryl methyl sites for hydroxylation is 1. The van der Waals surface area contributed by atoms with E-state index in [1.54, 1.807) is 0 Å². The number of benzene rings is 1. The summed E-state index contributed by atoms with van der Waals surface area (Å²) in [7, 11) is 0. The molecule has 4 nitrogen and oxygen atoms in total. The third-order valence-corrected chi connectivity index (χ3v) is 5.42. The molecule has 3 aromatic rings. The summed E-state index contributed by atoms with van der Waals surface area (Å²) < 4.78 is 2.14. The molecule has 0 saturated carbocycles. The second-order valence-corrected chi connectivity index (χ2v) is 7.31. The van der Waals surface area contributed by atoms with E-state index in [9.17, 15) is 0 Å². The number of rotatable bonds is 3. The minimum absolute atomic E-state index is 0.753. The molecule has 2 aromatic heterocycles. The molecule has 2 N–H and O–H groups in total. The van der Waals surface area contributed by atoms with E-state index in [4.69, 9.17) is 22.3 Å². The van der Waals surface area contributed by atoms with Crippen LogP contribution in [0.1, 0.15) is 30.5 Å². The summed E-state index contributed by atoms with van der Waals surface area (Å²) in [5.74, 6) is 0. The van der Waals surface area contributed by atoms with Crippen LogP contribution in [0.5, 0.6) is 0 Å². The van der Waals surface area contributed by atoms with E-state index in [0.717, 1.165) is 52.8 Å². The van der Waals surface area contributed by atoms with Crippen LogP contribution >= 0.6 is 11.6 Å². The molecule has 0 spiro atoms. The maximum atomic E-state index is 6.21. The van der Waals surface area contributed by atoms with Crippen molar-refractivity contribution in [3.05, 3.63) is 52.8 Å². The Hall–Kier alpha value is -2.04. The van der Waals surface area contributed by atoms with Crippen molar-refractivity contribution in [2.75, 3.05) is 18.8 Å². The molecule has 25 heavy (non-hydrogen) atoms. The maximum absolute atomic E-state index is 6.21. The molecule has 0 amide bonds. The largest absolute Gasteiger partial charge is 0.398 e. The van der Waals surface area contributed by atoms with Gasteiger partial charge in [-0.05, 0) is 62.7 Å². The van der Waals surface area contributed by atoms with Gasteiger partial charge in [-0.25, -0.2) is 4.98 Å². The SMILES string of the molecule is Cc1cc(-c2nc3ccc(N)cn3c2CN2CCCCC2)ccc1Cl. The number of nitrogens with two attached hydrogens (primary N) is 1. The monoisotopic (exact) mass is 354 g/mol. The van der Waals surface area contributed by atoms with Gasteiger partial charge >= 0.3 is 0 Å². The van der Waals surface area contributed by atoms with Crippen LogP contribution in [0.4, 0.5) is 5.69 Å². The van der Waals surface area contributed by atoms with Crippen molar-refractivity contribution in [2.24, 2.45) is 0 Å². The zero-order valence-corrected chi connectivity index (χ0v) is 15.3. The van der Waals surface area contributed by atoms with E-state index in [-0.39, 0.29) is 0 Å². The summed E-state index contributed by atoms with van der Waals surface area (Å²) in [6.07, 6.45) is 5.86. The lowest BCUT2D eigenvalue weighted by Crippen LogP contribution is -2.29. The number of aromatic nitrogens is 2. The number of anilines is 1. The Kier molecular flexibility index (Phi) is 4.40. The topological polar surface area (TPSA) is 46.6 Å².